The van der Waals surface area contributed by atoms with Gasteiger partial charge in [-0.05, 0) is 31.9 Å². The van der Waals surface area contributed by atoms with Gasteiger partial charge in [0.25, 0.3) is 5.91 Å². The van der Waals surface area contributed by atoms with Crippen LogP contribution in [0.25, 0.3) is 0 Å². The monoisotopic (exact) mass is 328 g/mol. The van der Waals surface area contributed by atoms with Crippen LogP contribution in [0.3, 0.4) is 0 Å². The third-order valence-corrected chi connectivity index (χ3v) is 3.76. The van der Waals surface area contributed by atoms with Gasteiger partial charge in [-0.1, -0.05) is 29.8 Å². The number of aromatic nitrogens is 1. The third-order valence-electron chi connectivity index (χ3n) is 3.76. The zero-order valence-electron chi connectivity index (χ0n) is 13.6. The van der Waals surface area contributed by atoms with Gasteiger partial charge in [-0.25, -0.2) is 0 Å². The number of ketones is 1. The molecule has 1 unspecified atom stereocenters. The molecule has 1 heterocycles. The lowest BCUT2D eigenvalue weighted by Gasteiger charge is -2.13. The summed E-state index contributed by atoms with van der Waals surface area (Å²) in [5, 5.41) is 12.0. The van der Waals surface area contributed by atoms with E-state index in [0.717, 1.165) is 11.1 Å². The molecule has 2 aromatic rings. The van der Waals surface area contributed by atoms with Crippen LogP contribution in [0.4, 0.5) is 0 Å². The van der Waals surface area contributed by atoms with E-state index in [1.165, 1.54) is 19.2 Å². The number of hydrogen-bond acceptors (Lipinski definition) is 3. The number of amides is 1. The molecule has 0 radical (unpaired) electrons. The Hall–Kier alpha value is -2.89. The van der Waals surface area contributed by atoms with Gasteiger partial charge >= 0.3 is 5.97 Å². The molecule has 0 saturated heterocycles. The Kier molecular flexibility index (Phi) is 5.52. The van der Waals surface area contributed by atoms with Crippen LogP contribution in [-0.4, -0.2) is 34.3 Å². The van der Waals surface area contributed by atoms with Crippen LogP contribution < -0.4 is 5.32 Å². The van der Waals surface area contributed by atoms with Crippen molar-refractivity contribution in [3.05, 3.63) is 58.9 Å². The van der Waals surface area contributed by atoms with E-state index in [1.807, 2.05) is 31.2 Å². The molecular weight excluding hydrogens is 308 g/mol. The molecule has 0 bridgehead atoms. The smallest absolute Gasteiger partial charge is 0.308 e. The molecule has 1 aromatic carbocycles. The predicted octanol–water partition coefficient (Wildman–Crippen LogP) is 2.20. The van der Waals surface area contributed by atoms with Gasteiger partial charge in [-0.15, -0.1) is 0 Å². The summed E-state index contributed by atoms with van der Waals surface area (Å²) in [5.74, 6) is -2.27. The van der Waals surface area contributed by atoms with Crippen molar-refractivity contribution in [3.8, 4) is 0 Å². The third kappa shape index (κ3) is 4.55. The molecule has 2 rings (SSSR count). The maximum absolute atomic E-state index is 12.1. The summed E-state index contributed by atoms with van der Waals surface area (Å²) in [5.41, 5.74) is 2.62. The molecular formula is C18H20N2O4. The van der Waals surface area contributed by atoms with Crippen molar-refractivity contribution in [2.75, 3.05) is 6.54 Å². The number of nitrogens with one attached hydrogen (secondary N) is 2. The average Bonchev–Trinajstić information content (AvgIpc) is 3.01. The molecule has 0 spiro atoms. The second-order valence-electron chi connectivity index (χ2n) is 5.80. The number of aryl methyl sites for hydroxylation is 1. The van der Waals surface area contributed by atoms with Crippen molar-refractivity contribution in [2.24, 2.45) is 5.92 Å². The first-order valence-corrected chi connectivity index (χ1v) is 7.62. The predicted molar refractivity (Wildman–Crippen MR) is 89.1 cm³/mol. The molecule has 6 heteroatoms. The number of benzene rings is 1. The zero-order valence-corrected chi connectivity index (χ0v) is 13.6. The Labute approximate surface area is 139 Å². The standard InChI is InChI=1S/C18H20N2O4/c1-11-4-3-5-13(6-11)7-15(18(23)24)10-20-17(22)16-8-14(9-19-16)12(2)21/h3-6,8-9,15,19H,7,10H2,1-2H3,(H,20,22)(H,23,24). The molecule has 0 fully saturated rings. The summed E-state index contributed by atoms with van der Waals surface area (Å²) in [6.07, 6.45) is 1.79. The fraction of sp³-hybridized carbons (Fsp3) is 0.278. The molecule has 0 saturated carbocycles. The van der Waals surface area contributed by atoms with Gasteiger partial charge in [-0.3, -0.25) is 14.4 Å². The highest BCUT2D eigenvalue weighted by molar-refractivity contribution is 5.99. The maximum Gasteiger partial charge on any atom is 0.308 e. The fourth-order valence-electron chi connectivity index (χ4n) is 2.41. The first kappa shape index (κ1) is 17.5. The minimum Gasteiger partial charge on any atom is -0.481 e. The minimum atomic E-state index is -0.965. The van der Waals surface area contributed by atoms with Crippen LogP contribution in [0.2, 0.25) is 0 Å². The quantitative estimate of drug-likeness (QED) is 0.678. The van der Waals surface area contributed by atoms with Crippen LogP contribution in [-0.2, 0) is 11.2 Å². The molecule has 24 heavy (non-hydrogen) atoms. The molecule has 3 N–H and O–H groups in total. The number of H-pyrrole nitrogens is 1. The van der Waals surface area contributed by atoms with Crippen molar-refractivity contribution >= 4 is 17.7 Å². The van der Waals surface area contributed by atoms with Crippen LogP contribution in [0.5, 0.6) is 0 Å². The van der Waals surface area contributed by atoms with Gasteiger partial charge in [0.05, 0.1) is 5.92 Å². The van der Waals surface area contributed by atoms with E-state index in [9.17, 15) is 19.5 Å². The zero-order chi connectivity index (χ0) is 17.7. The highest BCUT2D eigenvalue weighted by Crippen LogP contribution is 2.11. The van der Waals surface area contributed by atoms with Crippen molar-refractivity contribution in [2.45, 2.75) is 20.3 Å². The summed E-state index contributed by atoms with van der Waals surface area (Å²) >= 11 is 0. The maximum atomic E-state index is 12.1. The lowest BCUT2D eigenvalue weighted by Crippen LogP contribution is -2.34. The number of carboxylic acids is 1. The molecule has 1 aromatic heterocycles. The highest BCUT2D eigenvalue weighted by atomic mass is 16.4. The molecule has 1 atom stereocenters. The lowest BCUT2D eigenvalue weighted by atomic mass is 9.98. The number of rotatable bonds is 7. The molecule has 1 amide bonds. The van der Waals surface area contributed by atoms with E-state index < -0.39 is 17.8 Å². The number of aliphatic carboxylic acids is 1. The summed E-state index contributed by atoms with van der Waals surface area (Å²) in [6.45, 7) is 3.36. The van der Waals surface area contributed by atoms with Crippen molar-refractivity contribution in [3.63, 3.8) is 0 Å². The molecule has 6 nitrogen and oxygen atoms in total. The average molecular weight is 328 g/mol. The summed E-state index contributed by atoms with van der Waals surface area (Å²) in [4.78, 5) is 37.4. The SMILES string of the molecule is CC(=O)c1c[nH]c(C(=O)NCC(Cc2cccc(C)c2)C(=O)O)c1. The lowest BCUT2D eigenvalue weighted by molar-refractivity contribution is -0.141. The normalized spacial score (nSPS) is 11.8. The Morgan fingerprint density at radius 3 is 2.58 bits per heavy atom. The summed E-state index contributed by atoms with van der Waals surface area (Å²) in [6, 6.07) is 9.08. The van der Waals surface area contributed by atoms with E-state index in [0.29, 0.717) is 12.0 Å². The van der Waals surface area contributed by atoms with Crippen LogP contribution in [0, 0.1) is 12.8 Å². The Bertz CT molecular complexity index is 764. The second kappa shape index (κ2) is 7.59. The van der Waals surface area contributed by atoms with Crippen LogP contribution in [0.15, 0.2) is 36.5 Å². The highest BCUT2D eigenvalue weighted by Gasteiger charge is 2.20. The number of hydrogen-bond donors (Lipinski definition) is 3. The number of aromatic amines is 1. The molecule has 0 aliphatic heterocycles. The van der Waals surface area contributed by atoms with E-state index in [4.69, 9.17) is 0 Å². The topological polar surface area (TPSA) is 99.3 Å². The summed E-state index contributed by atoms with van der Waals surface area (Å²) < 4.78 is 0. The number of carbonyl (C=O) groups excluding carboxylic acids is 2. The van der Waals surface area contributed by atoms with Gasteiger partial charge < -0.3 is 15.4 Å². The van der Waals surface area contributed by atoms with Crippen molar-refractivity contribution < 1.29 is 19.5 Å². The molecule has 0 aliphatic carbocycles. The van der Waals surface area contributed by atoms with E-state index in [2.05, 4.69) is 10.3 Å². The van der Waals surface area contributed by atoms with E-state index >= 15 is 0 Å². The number of carbonyl (C=O) groups is 3. The van der Waals surface area contributed by atoms with Crippen LogP contribution in [0.1, 0.15) is 38.9 Å². The van der Waals surface area contributed by atoms with Crippen molar-refractivity contribution in [1.82, 2.24) is 10.3 Å². The van der Waals surface area contributed by atoms with Gasteiger partial charge in [0.2, 0.25) is 0 Å². The molecule has 0 aliphatic rings. The van der Waals surface area contributed by atoms with E-state index in [-0.39, 0.29) is 18.0 Å². The second-order valence-corrected chi connectivity index (χ2v) is 5.80. The van der Waals surface area contributed by atoms with Gasteiger partial charge in [-0.2, -0.15) is 0 Å². The van der Waals surface area contributed by atoms with E-state index in [1.54, 1.807) is 0 Å². The minimum absolute atomic E-state index is 0.0104. The number of Topliss-reactive ketones (excluding diaryl/α,β-unsaturated/α-hetero) is 1. The molecule has 126 valence electrons. The van der Waals surface area contributed by atoms with Crippen LogP contribution >= 0.6 is 0 Å². The Balaban J connectivity index is 1.99. The number of carboxylic acid groups (broad SMARTS) is 1. The van der Waals surface area contributed by atoms with Crippen molar-refractivity contribution in [1.29, 1.82) is 0 Å². The Morgan fingerprint density at radius 1 is 1.25 bits per heavy atom. The Morgan fingerprint density at radius 2 is 2.00 bits per heavy atom. The largest absolute Gasteiger partial charge is 0.481 e. The summed E-state index contributed by atoms with van der Waals surface area (Å²) in [7, 11) is 0. The van der Waals surface area contributed by atoms with Gasteiger partial charge in [0.15, 0.2) is 5.78 Å². The fourth-order valence-corrected chi connectivity index (χ4v) is 2.41. The first-order valence-electron chi connectivity index (χ1n) is 7.62. The first-order chi connectivity index (χ1) is 11.4. The van der Waals surface area contributed by atoms with Gasteiger partial charge in [0.1, 0.15) is 5.69 Å². The van der Waals surface area contributed by atoms with Gasteiger partial charge in [0, 0.05) is 18.3 Å².